The highest BCUT2D eigenvalue weighted by molar-refractivity contribution is 5.94. The van der Waals surface area contributed by atoms with Gasteiger partial charge in [0.2, 0.25) is 0 Å². The Morgan fingerprint density at radius 2 is 1.97 bits per heavy atom. The SMILES string of the molecule is CCOc1ccc([C@@H]2c3[nH]c4ccccc4c3CCN2C(=O)c2ccnn2C)cc1. The van der Waals surface area contributed by atoms with Crippen LogP contribution in [-0.2, 0) is 13.5 Å². The number of benzene rings is 2. The molecule has 0 spiro atoms. The number of ether oxygens (including phenoxy) is 1. The van der Waals surface area contributed by atoms with Crippen molar-refractivity contribution in [2.24, 2.45) is 7.05 Å². The maximum Gasteiger partial charge on any atom is 0.272 e. The smallest absolute Gasteiger partial charge is 0.272 e. The van der Waals surface area contributed by atoms with E-state index >= 15 is 0 Å². The molecule has 0 unspecified atom stereocenters. The van der Waals surface area contributed by atoms with Gasteiger partial charge in [0.15, 0.2) is 0 Å². The molecule has 0 radical (unpaired) electrons. The molecule has 4 aromatic rings. The summed E-state index contributed by atoms with van der Waals surface area (Å²) in [7, 11) is 1.80. The van der Waals surface area contributed by atoms with Gasteiger partial charge in [0, 0.05) is 36.4 Å². The second-order valence-electron chi connectivity index (χ2n) is 7.56. The van der Waals surface area contributed by atoms with Crippen molar-refractivity contribution in [2.45, 2.75) is 19.4 Å². The lowest BCUT2D eigenvalue weighted by Gasteiger charge is -2.36. The fourth-order valence-corrected chi connectivity index (χ4v) is 4.45. The largest absolute Gasteiger partial charge is 0.494 e. The number of aromatic amines is 1. The number of hydrogen-bond donors (Lipinski definition) is 1. The van der Waals surface area contributed by atoms with E-state index < -0.39 is 0 Å². The molecule has 1 N–H and O–H groups in total. The van der Waals surface area contributed by atoms with Gasteiger partial charge < -0.3 is 14.6 Å². The molecule has 6 heteroatoms. The molecule has 0 aliphatic carbocycles. The van der Waals surface area contributed by atoms with Gasteiger partial charge in [-0.05, 0) is 48.7 Å². The Hall–Kier alpha value is -3.54. The number of carbonyl (C=O) groups is 1. The Labute approximate surface area is 175 Å². The zero-order valence-electron chi connectivity index (χ0n) is 17.1. The number of carbonyl (C=O) groups excluding carboxylic acids is 1. The van der Waals surface area contributed by atoms with Crippen LogP contribution in [-0.4, -0.2) is 38.7 Å². The van der Waals surface area contributed by atoms with Crippen LogP contribution in [0.3, 0.4) is 0 Å². The first-order valence-electron chi connectivity index (χ1n) is 10.3. The molecule has 1 aliphatic rings. The molecule has 3 heterocycles. The lowest BCUT2D eigenvalue weighted by atomic mass is 9.92. The van der Waals surface area contributed by atoms with Crippen LogP contribution in [0, 0.1) is 0 Å². The Kier molecular flexibility index (Phi) is 4.54. The van der Waals surface area contributed by atoms with Gasteiger partial charge in [-0.2, -0.15) is 5.10 Å². The fraction of sp³-hybridized carbons (Fsp3) is 0.250. The average Bonchev–Trinajstić information content (AvgIpc) is 3.36. The number of aryl methyl sites for hydroxylation is 1. The minimum Gasteiger partial charge on any atom is -0.494 e. The van der Waals surface area contributed by atoms with E-state index in [0.29, 0.717) is 18.8 Å². The number of rotatable bonds is 4. The number of aromatic nitrogens is 3. The standard InChI is InChI=1S/C24H24N4O2/c1-3-30-17-10-8-16(9-11-17)23-22-19(18-6-4-5-7-20(18)26-22)13-15-28(23)24(29)21-12-14-25-27(21)2/h4-12,14,23,26H,3,13,15H2,1-2H3/t23-/m1/s1. The molecule has 2 aromatic carbocycles. The molecule has 0 bridgehead atoms. The first-order valence-corrected chi connectivity index (χ1v) is 10.3. The van der Waals surface area contributed by atoms with E-state index in [1.54, 1.807) is 24.0 Å². The van der Waals surface area contributed by atoms with Crippen LogP contribution in [0.4, 0.5) is 0 Å². The van der Waals surface area contributed by atoms with Crippen LogP contribution in [0.1, 0.15) is 40.3 Å². The van der Waals surface area contributed by atoms with Crippen molar-refractivity contribution in [3.8, 4) is 5.75 Å². The van der Waals surface area contributed by atoms with E-state index in [1.807, 2.05) is 30.0 Å². The maximum absolute atomic E-state index is 13.5. The van der Waals surface area contributed by atoms with Crippen molar-refractivity contribution in [3.63, 3.8) is 0 Å². The minimum absolute atomic E-state index is 0.0156. The van der Waals surface area contributed by atoms with Gasteiger partial charge in [-0.1, -0.05) is 30.3 Å². The Bertz CT molecular complexity index is 1210. The van der Waals surface area contributed by atoms with Crippen molar-refractivity contribution in [1.82, 2.24) is 19.7 Å². The number of nitrogens with one attached hydrogen (secondary N) is 1. The molecule has 2 aromatic heterocycles. The lowest BCUT2D eigenvalue weighted by molar-refractivity contribution is 0.0680. The zero-order valence-corrected chi connectivity index (χ0v) is 17.1. The van der Waals surface area contributed by atoms with Crippen molar-refractivity contribution in [2.75, 3.05) is 13.2 Å². The van der Waals surface area contributed by atoms with E-state index in [9.17, 15) is 4.79 Å². The van der Waals surface area contributed by atoms with Gasteiger partial charge >= 0.3 is 0 Å². The third kappa shape index (κ3) is 2.96. The summed E-state index contributed by atoms with van der Waals surface area (Å²) in [6, 6.07) is 18.0. The van der Waals surface area contributed by atoms with Crippen molar-refractivity contribution >= 4 is 16.8 Å². The highest BCUT2D eigenvalue weighted by atomic mass is 16.5. The van der Waals surface area contributed by atoms with Crippen LogP contribution in [0.2, 0.25) is 0 Å². The van der Waals surface area contributed by atoms with Crippen LogP contribution in [0.15, 0.2) is 60.8 Å². The van der Waals surface area contributed by atoms with Crippen molar-refractivity contribution in [3.05, 3.63) is 83.3 Å². The van der Waals surface area contributed by atoms with Crippen molar-refractivity contribution in [1.29, 1.82) is 0 Å². The van der Waals surface area contributed by atoms with Gasteiger partial charge in [0.05, 0.1) is 12.6 Å². The van der Waals surface area contributed by atoms with E-state index in [2.05, 4.69) is 40.4 Å². The van der Waals surface area contributed by atoms with Crippen LogP contribution >= 0.6 is 0 Å². The third-order valence-corrected chi connectivity index (χ3v) is 5.84. The summed E-state index contributed by atoms with van der Waals surface area (Å²) < 4.78 is 7.25. The van der Waals surface area contributed by atoms with E-state index in [-0.39, 0.29) is 11.9 Å². The monoisotopic (exact) mass is 400 g/mol. The molecule has 1 aliphatic heterocycles. The number of para-hydroxylation sites is 1. The van der Waals surface area contributed by atoms with Crippen LogP contribution < -0.4 is 4.74 Å². The summed E-state index contributed by atoms with van der Waals surface area (Å²) in [5.74, 6) is 0.816. The first-order chi connectivity index (χ1) is 14.7. The molecule has 5 rings (SSSR count). The Morgan fingerprint density at radius 1 is 1.17 bits per heavy atom. The van der Waals surface area contributed by atoms with E-state index in [1.165, 1.54) is 10.9 Å². The third-order valence-electron chi connectivity index (χ3n) is 5.84. The molecular weight excluding hydrogens is 376 g/mol. The minimum atomic E-state index is -0.195. The van der Waals surface area contributed by atoms with Gasteiger partial charge in [0.1, 0.15) is 11.4 Å². The van der Waals surface area contributed by atoms with Gasteiger partial charge in [-0.3, -0.25) is 9.48 Å². The summed E-state index contributed by atoms with van der Waals surface area (Å²) in [6.45, 7) is 3.25. The van der Waals surface area contributed by atoms with E-state index in [4.69, 9.17) is 4.74 Å². The number of fused-ring (bicyclic) bond motifs is 3. The first kappa shape index (κ1) is 18.5. The maximum atomic E-state index is 13.5. The highest BCUT2D eigenvalue weighted by Gasteiger charge is 2.35. The summed E-state index contributed by atoms with van der Waals surface area (Å²) in [6.07, 6.45) is 2.48. The number of hydrogen-bond acceptors (Lipinski definition) is 3. The summed E-state index contributed by atoms with van der Waals surface area (Å²) in [4.78, 5) is 19.0. The Morgan fingerprint density at radius 3 is 2.70 bits per heavy atom. The summed E-state index contributed by atoms with van der Waals surface area (Å²) in [5, 5.41) is 5.42. The second kappa shape index (κ2) is 7.37. The quantitative estimate of drug-likeness (QED) is 0.561. The van der Waals surface area contributed by atoms with E-state index in [0.717, 1.165) is 28.9 Å². The zero-order chi connectivity index (χ0) is 20.7. The molecule has 1 amide bonds. The predicted octanol–water partition coefficient (Wildman–Crippen LogP) is 4.09. The predicted molar refractivity (Wildman–Crippen MR) is 116 cm³/mol. The summed E-state index contributed by atoms with van der Waals surface area (Å²) >= 11 is 0. The molecule has 0 saturated carbocycles. The van der Waals surface area contributed by atoms with Gasteiger partial charge in [-0.15, -0.1) is 0 Å². The molecule has 152 valence electrons. The molecule has 0 saturated heterocycles. The Balaban J connectivity index is 1.64. The summed E-state index contributed by atoms with van der Waals surface area (Å²) in [5.41, 5.74) is 5.13. The van der Waals surface area contributed by atoms with Gasteiger partial charge in [0.25, 0.3) is 5.91 Å². The molecule has 1 atom stereocenters. The lowest BCUT2D eigenvalue weighted by Crippen LogP contribution is -2.41. The molecule has 0 fully saturated rings. The normalized spacial score (nSPS) is 15.9. The second-order valence-corrected chi connectivity index (χ2v) is 7.56. The molecule has 30 heavy (non-hydrogen) atoms. The van der Waals surface area contributed by atoms with Crippen LogP contribution in [0.25, 0.3) is 10.9 Å². The van der Waals surface area contributed by atoms with Gasteiger partial charge in [-0.25, -0.2) is 0 Å². The van der Waals surface area contributed by atoms with Crippen molar-refractivity contribution < 1.29 is 9.53 Å². The molecule has 6 nitrogen and oxygen atoms in total. The number of H-pyrrole nitrogens is 1. The highest BCUT2D eigenvalue weighted by Crippen LogP contribution is 2.39. The fourth-order valence-electron chi connectivity index (χ4n) is 4.45. The topological polar surface area (TPSA) is 63.1 Å². The average molecular weight is 400 g/mol. The molecular formula is C24H24N4O2. The van der Waals surface area contributed by atoms with Crippen LogP contribution in [0.5, 0.6) is 5.75 Å². The number of nitrogens with zero attached hydrogens (tertiary/aromatic N) is 3. The number of amides is 1.